The number of para-hydroxylation sites is 1. The lowest BCUT2D eigenvalue weighted by Crippen LogP contribution is -2.44. The Bertz CT molecular complexity index is 1090. The number of anilines is 1. The van der Waals surface area contributed by atoms with Crippen molar-refractivity contribution in [2.45, 2.75) is 42.7 Å². The molecule has 32 heavy (non-hydrogen) atoms. The molecule has 3 aliphatic heterocycles. The Hall–Kier alpha value is -2.03. The molecule has 2 atom stereocenters. The Labute approximate surface area is 194 Å². The summed E-state index contributed by atoms with van der Waals surface area (Å²) in [6, 6.07) is 14.3. The fourth-order valence-corrected chi connectivity index (χ4v) is 7.59. The first-order chi connectivity index (χ1) is 15.5. The van der Waals surface area contributed by atoms with Crippen molar-refractivity contribution in [2.75, 3.05) is 35.5 Å². The predicted octanol–water partition coefficient (Wildman–Crippen LogP) is 3.56. The third-order valence-electron chi connectivity index (χ3n) is 6.55. The van der Waals surface area contributed by atoms with E-state index >= 15 is 0 Å². The Kier molecular flexibility index (Phi) is 6.18. The van der Waals surface area contributed by atoms with Gasteiger partial charge in [-0.05, 0) is 61.3 Å². The van der Waals surface area contributed by atoms with Gasteiger partial charge in [0.15, 0.2) is 0 Å². The summed E-state index contributed by atoms with van der Waals surface area (Å²) in [5.41, 5.74) is 2.19. The monoisotopic (exact) mass is 472 g/mol. The molecule has 0 spiro atoms. The van der Waals surface area contributed by atoms with E-state index in [2.05, 4.69) is 0 Å². The van der Waals surface area contributed by atoms with E-state index < -0.39 is 10.0 Å². The van der Waals surface area contributed by atoms with E-state index in [1.165, 1.54) is 4.31 Å². The van der Waals surface area contributed by atoms with E-state index in [1.54, 1.807) is 24.3 Å². The molecule has 170 valence electrons. The molecule has 0 saturated carbocycles. The van der Waals surface area contributed by atoms with E-state index in [0.29, 0.717) is 25.1 Å². The minimum Gasteiger partial charge on any atom is -0.376 e. The van der Waals surface area contributed by atoms with E-state index in [-0.39, 0.29) is 22.9 Å². The highest BCUT2D eigenvalue weighted by atomic mass is 32.2. The molecule has 6 nitrogen and oxygen atoms in total. The number of amides is 1. The molecule has 1 amide bonds. The van der Waals surface area contributed by atoms with Crippen molar-refractivity contribution >= 4 is 33.4 Å². The first-order valence-corrected chi connectivity index (χ1v) is 13.8. The number of sulfonamides is 1. The van der Waals surface area contributed by atoms with Crippen molar-refractivity contribution in [3.63, 3.8) is 0 Å². The topological polar surface area (TPSA) is 66.9 Å². The van der Waals surface area contributed by atoms with Gasteiger partial charge in [0, 0.05) is 37.1 Å². The van der Waals surface area contributed by atoms with Crippen molar-refractivity contribution in [1.82, 2.24) is 4.90 Å². The maximum atomic E-state index is 13.6. The van der Waals surface area contributed by atoms with Crippen LogP contribution < -0.4 is 4.31 Å². The quantitative estimate of drug-likeness (QED) is 0.643. The fourth-order valence-electron chi connectivity index (χ4n) is 4.81. The summed E-state index contributed by atoms with van der Waals surface area (Å²) in [6.45, 7) is 1.74. The second-order valence-electron chi connectivity index (χ2n) is 8.59. The number of fused-ring (bicyclic) bond motifs is 1. The van der Waals surface area contributed by atoms with Crippen LogP contribution in [0.5, 0.6) is 0 Å². The van der Waals surface area contributed by atoms with Crippen molar-refractivity contribution in [2.24, 2.45) is 0 Å². The summed E-state index contributed by atoms with van der Waals surface area (Å²) in [5.74, 6) is 1.86. The molecule has 0 bridgehead atoms. The number of carbonyl (C=O) groups excluding carboxylic acids is 1. The van der Waals surface area contributed by atoms with Gasteiger partial charge in [0.05, 0.1) is 16.7 Å². The zero-order valence-electron chi connectivity index (χ0n) is 18.0. The van der Waals surface area contributed by atoms with Crippen LogP contribution in [0, 0.1) is 0 Å². The lowest BCUT2D eigenvalue weighted by molar-refractivity contribution is 0.0441. The predicted molar refractivity (Wildman–Crippen MR) is 127 cm³/mol. The number of hydrogen-bond acceptors (Lipinski definition) is 5. The Morgan fingerprint density at radius 3 is 2.81 bits per heavy atom. The average molecular weight is 473 g/mol. The molecule has 0 N–H and O–H groups in total. The van der Waals surface area contributed by atoms with Crippen LogP contribution in [-0.2, 0) is 21.2 Å². The molecule has 2 saturated heterocycles. The number of hydrogen-bond donors (Lipinski definition) is 0. The highest BCUT2D eigenvalue weighted by Gasteiger charge is 2.33. The number of ether oxygens (including phenoxy) is 1. The number of nitrogens with zero attached hydrogens (tertiary/aromatic N) is 2. The summed E-state index contributed by atoms with van der Waals surface area (Å²) in [6.07, 6.45) is 3.72. The molecule has 2 unspecified atom stereocenters. The van der Waals surface area contributed by atoms with Gasteiger partial charge in [0.25, 0.3) is 15.9 Å². The Balaban J connectivity index is 1.42. The number of thioether (sulfide) groups is 1. The average Bonchev–Trinajstić information content (AvgIpc) is 3.59. The fraction of sp³-hybridized carbons (Fsp3) is 0.458. The third-order valence-corrected chi connectivity index (χ3v) is 9.50. The van der Waals surface area contributed by atoms with E-state index in [1.807, 2.05) is 40.9 Å². The molecular weight excluding hydrogens is 444 g/mol. The second kappa shape index (κ2) is 9.08. The lowest BCUT2D eigenvalue weighted by atomic mass is 10.1. The minimum atomic E-state index is -3.74. The van der Waals surface area contributed by atoms with Crippen LogP contribution in [-0.4, -0.2) is 62.6 Å². The van der Waals surface area contributed by atoms with Gasteiger partial charge in [0.1, 0.15) is 0 Å². The molecule has 2 aromatic carbocycles. The summed E-state index contributed by atoms with van der Waals surface area (Å²) in [5, 5.41) is 0. The van der Waals surface area contributed by atoms with E-state index in [9.17, 15) is 13.2 Å². The van der Waals surface area contributed by atoms with Crippen molar-refractivity contribution in [3.05, 3.63) is 59.7 Å². The van der Waals surface area contributed by atoms with E-state index in [4.69, 9.17) is 4.74 Å². The molecule has 3 aliphatic rings. The zero-order valence-corrected chi connectivity index (χ0v) is 19.6. The highest BCUT2D eigenvalue weighted by molar-refractivity contribution is 7.99. The van der Waals surface area contributed by atoms with Gasteiger partial charge < -0.3 is 9.64 Å². The van der Waals surface area contributed by atoms with Crippen LogP contribution in [0.15, 0.2) is 53.4 Å². The normalized spacial score (nSPS) is 22.8. The maximum absolute atomic E-state index is 13.6. The summed E-state index contributed by atoms with van der Waals surface area (Å²) >= 11 is 1.86. The molecule has 0 radical (unpaired) electrons. The van der Waals surface area contributed by atoms with Gasteiger partial charge in [-0.2, -0.15) is 11.8 Å². The molecule has 8 heteroatoms. The summed E-state index contributed by atoms with van der Waals surface area (Å²) < 4.78 is 34.2. The maximum Gasteiger partial charge on any atom is 0.264 e. The lowest BCUT2D eigenvalue weighted by Gasteiger charge is -2.31. The minimum absolute atomic E-state index is 0.0672. The largest absolute Gasteiger partial charge is 0.376 e. The van der Waals surface area contributed by atoms with Gasteiger partial charge in [0.2, 0.25) is 0 Å². The molecule has 3 heterocycles. The number of carbonyl (C=O) groups is 1. The summed E-state index contributed by atoms with van der Waals surface area (Å²) in [4.78, 5) is 15.7. The Morgan fingerprint density at radius 1 is 1.16 bits per heavy atom. The third kappa shape index (κ3) is 4.16. The smallest absolute Gasteiger partial charge is 0.264 e. The van der Waals surface area contributed by atoms with Crippen molar-refractivity contribution in [3.8, 4) is 0 Å². The molecular formula is C24H28N2O4S2. The van der Waals surface area contributed by atoms with Gasteiger partial charge in [-0.3, -0.25) is 9.10 Å². The van der Waals surface area contributed by atoms with Crippen LogP contribution in [0.25, 0.3) is 0 Å². The van der Waals surface area contributed by atoms with Gasteiger partial charge in [-0.15, -0.1) is 0 Å². The van der Waals surface area contributed by atoms with Crippen molar-refractivity contribution < 1.29 is 17.9 Å². The second-order valence-corrected chi connectivity index (χ2v) is 11.6. The highest BCUT2D eigenvalue weighted by Crippen LogP contribution is 2.33. The first-order valence-electron chi connectivity index (χ1n) is 11.2. The van der Waals surface area contributed by atoms with Crippen molar-refractivity contribution in [1.29, 1.82) is 0 Å². The van der Waals surface area contributed by atoms with Gasteiger partial charge in [-0.1, -0.05) is 24.3 Å². The van der Waals surface area contributed by atoms with Crippen LogP contribution in [0.1, 0.15) is 35.2 Å². The van der Waals surface area contributed by atoms with Crippen LogP contribution in [0.4, 0.5) is 5.69 Å². The molecule has 2 aromatic rings. The molecule has 5 rings (SSSR count). The summed E-state index contributed by atoms with van der Waals surface area (Å²) in [7, 11) is -3.74. The zero-order chi connectivity index (χ0) is 22.1. The number of benzene rings is 2. The van der Waals surface area contributed by atoms with Gasteiger partial charge >= 0.3 is 0 Å². The molecule has 2 fully saturated rings. The number of rotatable bonds is 6. The van der Waals surface area contributed by atoms with Crippen LogP contribution >= 0.6 is 11.8 Å². The van der Waals surface area contributed by atoms with Gasteiger partial charge in [-0.25, -0.2) is 8.42 Å². The van der Waals surface area contributed by atoms with Crippen LogP contribution in [0.2, 0.25) is 0 Å². The first kappa shape index (κ1) is 21.8. The molecule has 0 aliphatic carbocycles. The Morgan fingerprint density at radius 2 is 2.03 bits per heavy atom. The molecule has 0 aromatic heterocycles. The SMILES string of the molecule is O=C(c1cccc(S(=O)(=O)N2CCc3ccccc32)c1)N(CC1CCCO1)C1CCSC1. The van der Waals surface area contributed by atoms with E-state index in [0.717, 1.165) is 48.6 Å². The standard InChI is InChI=1S/C24H28N2O4S2/c27-24(25(20-11-14-31-17-20)16-21-7-4-13-30-21)19-6-3-8-22(15-19)32(28,29)26-12-10-18-5-1-2-9-23(18)26/h1-3,5-6,8-9,15,20-21H,4,7,10-14,16-17H2. The van der Waals surface area contributed by atoms with Crippen LogP contribution in [0.3, 0.4) is 0 Å².